The average Bonchev–Trinajstić information content (AvgIpc) is 2.65. The number of amides is 2. The zero-order valence-corrected chi connectivity index (χ0v) is 9.69. The Morgan fingerprint density at radius 3 is 2.75 bits per heavy atom. The summed E-state index contributed by atoms with van der Waals surface area (Å²) in [7, 11) is 0. The standard InChI is InChI=1S/C8H12N4O3S/c1-5(2)12(4-7(13)14)8(15)10-6-3-9-11-16-6/h3,5H,4H2,1-2H3,(H,10,15)(H,13,14). The molecule has 8 heteroatoms. The van der Waals surface area contributed by atoms with Gasteiger partial charge in [-0.2, -0.15) is 0 Å². The fourth-order valence-corrected chi connectivity index (χ4v) is 1.44. The Hall–Kier alpha value is -1.70. The number of nitrogens with zero attached hydrogens (tertiary/aromatic N) is 3. The molecule has 16 heavy (non-hydrogen) atoms. The van der Waals surface area contributed by atoms with Crippen molar-refractivity contribution in [1.82, 2.24) is 14.5 Å². The molecule has 0 unspecified atom stereocenters. The van der Waals surface area contributed by atoms with Crippen LogP contribution in [0.2, 0.25) is 0 Å². The summed E-state index contributed by atoms with van der Waals surface area (Å²) in [6, 6.07) is -0.666. The number of carbonyl (C=O) groups is 2. The van der Waals surface area contributed by atoms with Crippen LogP contribution in [-0.2, 0) is 4.79 Å². The van der Waals surface area contributed by atoms with Crippen molar-refractivity contribution in [2.24, 2.45) is 0 Å². The molecule has 0 bridgehead atoms. The van der Waals surface area contributed by atoms with Crippen molar-refractivity contribution in [3.63, 3.8) is 0 Å². The van der Waals surface area contributed by atoms with Crippen LogP contribution in [0.4, 0.5) is 9.80 Å². The van der Waals surface area contributed by atoms with E-state index in [-0.39, 0.29) is 12.6 Å². The SMILES string of the molecule is CC(C)N(CC(=O)O)C(=O)Nc1cnns1. The Morgan fingerprint density at radius 2 is 2.31 bits per heavy atom. The maximum atomic E-state index is 11.7. The van der Waals surface area contributed by atoms with Crippen LogP contribution in [0.25, 0.3) is 0 Å². The maximum absolute atomic E-state index is 11.7. The molecular formula is C8H12N4O3S. The van der Waals surface area contributed by atoms with Crippen molar-refractivity contribution in [2.75, 3.05) is 11.9 Å². The largest absolute Gasteiger partial charge is 0.480 e. The molecule has 1 aromatic heterocycles. The van der Waals surface area contributed by atoms with Crippen LogP contribution in [-0.4, -0.2) is 44.2 Å². The zero-order valence-electron chi connectivity index (χ0n) is 8.88. The molecule has 88 valence electrons. The molecule has 0 saturated heterocycles. The molecule has 2 N–H and O–H groups in total. The number of carboxylic acid groups (broad SMARTS) is 1. The summed E-state index contributed by atoms with van der Waals surface area (Å²) in [6.07, 6.45) is 1.40. The van der Waals surface area contributed by atoms with Gasteiger partial charge >= 0.3 is 12.0 Å². The van der Waals surface area contributed by atoms with E-state index in [9.17, 15) is 9.59 Å². The minimum atomic E-state index is -1.05. The van der Waals surface area contributed by atoms with Crippen molar-refractivity contribution in [3.8, 4) is 0 Å². The fourth-order valence-electron chi connectivity index (χ4n) is 1.03. The number of aromatic nitrogens is 2. The Bertz CT molecular complexity index is 365. The monoisotopic (exact) mass is 244 g/mol. The van der Waals surface area contributed by atoms with Crippen LogP contribution < -0.4 is 5.32 Å². The molecule has 0 aliphatic carbocycles. The topological polar surface area (TPSA) is 95.4 Å². The number of carboxylic acids is 1. The van der Waals surface area contributed by atoms with Gasteiger partial charge in [0.1, 0.15) is 11.5 Å². The molecule has 1 rings (SSSR count). The summed E-state index contributed by atoms with van der Waals surface area (Å²) in [5.74, 6) is -1.05. The lowest BCUT2D eigenvalue weighted by atomic mass is 10.3. The van der Waals surface area contributed by atoms with Gasteiger partial charge in [0.25, 0.3) is 0 Å². The van der Waals surface area contributed by atoms with Crippen LogP contribution in [0.3, 0.4) is 0 Å². The molecule has 1 heterocycles. The number of anilines is 1. The molecule has 0 aliphatic rings. The van der Waals surface area contributed by atoms with Crippen LogP contribution >= 0.6 is 11.5 Å². The molecular weight excluding hydrogens is 232 g/mol. The van der Waals surface area contributed by atoms with Crippen molar-refractivity contribution < 1.29 is 14.7 Å². The first-order valence-electron chi connectivity index (χ1n) is 4.57. The predicted molar refractivity (Wildman–Crippen MR) is 58.4 cm³/mol. The molecule has 7 nitrogen and oxygen atoms in total. The van der Waals surface area contributed by atoms with Gasteiger partial charge in [0, 0.05) is 17.6 Å². The van der Waals surface area contributed by atoms with E-state index in [1.807, 2.05) is 0 Å². The first-order chi connectivity index (χ1) is 7.50. The smallest absolute Gasteiger partial charge is 0.323 e. The molecule has 0 fully saturated rings. The molecule has 0 saturated carbocycles. The highest BCUT2D eigenvalue weighted by Gasteiger charge is 2.20. The average molecular weight is 244 g/mol. The first kappa shape index (κ1) is 12.4. The predicted octanol–water partition coefficient (Wildman–Crippen LogP) is 0.865. The third kappa shape index (κ3) is 3.46. The summed E-state index contributed by atoms with van der Waals surface area (Å²) < 4.78 is 3.58. The van der Waals surface area contributed by atoms with E-state index in [2.05, 4.69) is 14.9 Å². The number of carbonyl (C=O) groups excluding carboxylic acids is 1. The van der Waals surface area contributed by atoms with Crippen molar-refractivity contribution in [1.29, 1.82) is 0 Å². The summed E-state index contributed by atoms with van der Waals surface area (Å²) >= 11 is 1.03. The lowest BCUT2D eigenvalue weighted by Gasteiger charge is -2.24. The molecule has 0 radical (unpaired) electrons. The second kappa shape index (κ2) is 5.40. The van der Waals surface area contributed by atoms with Crippen molar-refractivity contribution in [3.05, 3.63) is 6.20 Å². The van der Waals surface area contributed by atoms with E-state index in [1.54, 1.807) is 13.8 Å². The third-order valence-corrected chi connectivity index (χ3v) is 2.36. The highest BCUT2D eigenvalue weighted by molar-refractivity contribution is 7.10. The number of hydrogen-bond donors (Lipinski definition) is 2. The summed E-state index contributed by atoms with van der Waals surface area (Å²) in [5.41, 5.74) is 0. The van der Waals surface area contributed by atoms with Gasteiger partial charge in [-0.1, -0.05) is 4.49 Å². The van der Waals surface area contributed by atoms with Gasteiger partial charge in [0.15, 0.2) is 0 Å². The first-order valence-corrected chi connectivity index (χ1v) is 5.35. The summed E-state index contributed by atoms with van der Waals surface area (Å²) in [4.78, 5) is 23.5. The van der Waals surface area contributed by atoms with Crippen LogP contribution in [0.1, 0.15) is 13.8 Å². The van der Waals surface area contributed by atoms with Crippen LogP contribution in [0.15, 0.2) is 6.20 Å². The van der Waals surface area contributed by atoms with Gasteiger partial charge in [-0.15, -0.1) is 5.10 Å². The van der Waals surface area contributed by atoms with Gasteiger partial charge in [-0.05, 0) is 13.8 Å². The maximum Gasteiger partial charge on any atom is 0.323 e. The second-order valence-corrected chi connectivity index (χ2v) is 4.11. The third-order valence-electron chi connectivity index (χ3n) is 1.78. The van der Waals surface area contributed by atoms with Crippen LogP contribution in [0, 0.1) is 0 Å². The Balaban J connectivity index is 2.64. The zero-order chi connectivity index (χ0) is 12.1. The lowest BCUT2D eigenvalue weighted by molar-refractivity contribution is -0.137. The van der Waals surface area contributed by atoms with E-state index in [0.29, 0.717) is 5.00 Å². The number of hydrogen-bond acceptors (Lipinski definition) is 5. The van der Waals surface area contributed by atoms with Gasteiger partial charge in [0.05, 0.1) is 6.20 Å². The Kier molecular flexibility index (Phi) is 4.18. The van der Waals surface area contributed by atoms with Gasteiger partial charge < -0.3 is 10.0 Å². The molecule has 2 amide bonds. The minimum Gasteiger partial charge on any atom is -0.480 e. The van der Waals surface area contributed by atoms with Crippen LogP contribution in [0.5, 0.6) is 0 Å². The van der Waals surface area contributed by atoms with Crippen molar-refractivity contribution in [2.45, 2.75) is 19.9 Å². The normalized spacial score (nSPS) is 10.2. The molecule has 0 spiro atoms. The fraction of sp³-hybridized carbons (Fsp3) is 0.500. The Labute approximate surface area is 96.2 Å². The Morgan fingerprint density at radius 1 is 1.62 bits per heavy atom. The van der Waals surface area contributed by atoms with E-state index >= 15 is 0 Å². The van der Waals surface area contributed by atoms with Gasteiger partial charge in [0.2, 0.25) is 0 Å². The van der Waals surface area contributed by atoms with E-state index in [1.165, 1.54) is 11.1 Å². The van der Waals surface area contributed by atoms with E-state index in [0.717, 1.165) is 11.5 Å². The molecule has 0 aliphatic heterocycles. The molecule has 1 aromatic rings. The van der Waals surface area contributed by atoms with Gasteiger partial charge in [-0.25, -0.2) is 4.79 Å². The summed E-state index contributed by atoms with van der Waals surface area (Å²) in [5, 5.41) is 15.2. The van der Waals surface area contributed by atoms with E-state index < -0.39 is 12.0 Å². The van der Waals surface area contributed by atoms with E-state index in [4.69, 9.17) is 5.11 Å². The highest BCUT2D eigenvalue weighted by Crippen LogP contribution is 2.11. The molecule has 0 aromatic carbocycles. The number of nitrogens with one attached hydrogen (secondary N) is 1. The minimum absolute atomic E-state index is 0.197. The quantitative estimate of drug-likeness (QED) is 0.819. The number of aliphatic carboxylic acids is 1. The van der Waals surface area contributed by atoms with Crippen molar-refractivity contribution >= 4 is 28.5 Å². The summed E-state index contributed by atoms with van der Waals surface area (Å²) in [6.45, 7) is 3.15. The van der Waals surface area contributed by atoms with Gasteiger partial charge in [-0.3, -0.25) is 10.1 Å². The lowest BCUT2D eigenvalue weighted by Crippen LogP contribution is -2.43. The highest BCUT2D eigenvalue weighted by atomic mass is 32.1. The number of urea groups is 1. The second-order valence-electron chi connectivity index (χ2n) is 3.33. The number of rotatable bonds is 4. The molecule has 0 atom stereocenters.